The van der Waals surface area contributed by atoms with Gasteiger partial charge < -0.3 is 10.8 Å². The van der Waals surface area contributed by atoms with Crippen LogP contribution in [0.25, 0.3) is 10.8 Å². The number of carbonyl (C=O) groups excluding carboxylic acids is 1. The second kappa shape index (κ2) is 4.28. The molecule has 0 fully saturated rings. The highest BCUT2D eigenvalue weighted by atomic mass is 16.4. The molecule has 1 heterocycles. The van der Waals surface area contributed by atoms with E-state index in [1.807, 2.05) is 0 Å². The lowest BCUT2D eigenvalue weighted by molar-refractivity contribution is -0.138. The van der Waals surface area contributed by atoms with Gasteiger partial charge in [0.15, 0.2) is 5.69 Å². The third-order valence-electron chi connectivity index (χ3n) is 2.39. The van der Waals surface area contributed by atoms with E-state index in [1.165, 1.54) is 12.1 Å². The lowest BCUT2D eigenvalue weighted by Gasteiger charge is -2.06. The molecule has 0 aliphatic heterocycles. The van der Waals surface area contributed by atoms with Gasteiger partial charge >= 0.3 is 5.97 Å². The van der Waals surface area contributed by atoms with Gasteiger partial charge in [0.1, 0.15) is 6.54 Å². The maximum absolute atomic E-state index is 11.9. The predicted octanol–water partition coefficient (Wildman–Crippen LogP) is -0.420. The molecule has 1 aromatic heterocycles. The molecule has 0 atom stereocenters. The molecule has 7 heteroatoms. The zero-order valence-electron chi connectivity index (χ0n) is 9.16. The quantitative estimate of drug-likeness (QED) is 0.764. The number of amides is 1. The molecule has 0 saturated carbocycles. The van der Waals surface area contributed by atoms with E-state index in [2.05, 4.69) is 5.10 Å². The molecular formula is C11H9N3O4. The molecule has 18 heavy (non-hydrogen) atoms. The fourth-order valence-corrected chi connectivity index (χ4v) is 1.65. The predicted molar refractivity (Wildman–Crippen MR) is 62.2 cm³/mol. The standard InChI is InChI=1S/C11H9N3O4/c12-10(17)9-6-3-1-2-4-7(6)11(18)14(13-9)5-8(15)16/h1-4H,5H2,(H2,12,17)(H,15,16). The molecular weight excluding hydrogens is 238 g/mol. The molecule has 92 valence electrons. The number of hydrogen-bond acceptors (Lipinski definition) is 4. The third kappa shape index (κ3) is 1.93. The molecule has 2 rings (SSSR count). The highest BCUT2D eigenvalue weighted by molar-refractivity contribution is 6.03. The lowest BCUT2D eigenvalue weighted by atomic mass is 10.1. The van der Waals surface area contributed by atoms with Crippen molar-refractivity contribution < 1.29 is 14.7 Å². The minimum absolute atomic E-state index is 0.119. The van der Waals surface area contributed by atoms with E-state index in [1.54, 1.807) is 12.1 Å². The number of fused-ring (bicyclic) bond motifs is 1. The Bertz CT molecular complexity index is 705. The molecule has 0 aliphatic carbocycles. The van der Waals surface area contributed by atoms with Gasteiger partial charge in [-0.2, -0.15) is 5.10 Å². The fourth-order valence-electron chi connectivity index (χ4n) is 1.65. The van der Waals surface area contributed by atoms with Crippen LogP contribution < -0.4 is 11.3 Å². The summed E-state index contributed by atoms with van der Waals surface area (Å²) in [6, 6.07) is 6.27. The van der Waals surface area contributed by atoms with Gasteiger partial charge in [-0.1, -0.05) is 18.2 Å². The minimum Gasteiger partial charge on any atom is -0.480 e. The van der Waals surface area contributed by atoms with Crippen molar-refractivity contribution in [1.82, 2.24) is 9.78 Å². The summed E-state index contributed by atoms with van der Waals surface area (Å²) in [5.41, 5.74) is 4.48. The summed E-state index contributed by atoms with van der Waals surface area (Å²) in [4.78, 5) is 33.8. The number of hydrogen-bond donors (Lipinski definition) is 2. The number of benzene rings is 1. The lowest BCUT2D eigenvalue weighted by Crippen LogP contribution is -2.30. The van der Waals surface area contributed by atoms with Crippen molar-refractivity contribution in [3.8, 4) is 0 Å². The van der Waals surface area contributed by atoms with E-state index >= 15 is 0 Å². The van der Waals surface area contributed by atoms with E-state index < -0.39 is 24.0 Å². The van der Waals surface area contributed by atoms with Crippen LogP contribution in [0.3, 0.4) is 0 Å². The van der Waals surface area contributed by atoms with Gasteiger partial charge in [0.2, 0.25) is 0 Å². The summed E-state index contributed by atoms with van der Waals surface area (Å²) < 4.78 is 0.713. The maximum atomic E-state index is 11.9. The summed E-state index contributed by atoms with van der Waals surface area (Å²) in [6.45, 7) is -0.621. The van der Waals surface area contributed by atoms with Gasteiger partial charge in [-0.05, 0) is 6.07 Å². The average molecular weight is 247 g/mol. The van der Waals surface area contributed by atoms with Crippen LogP contribution in [-0.4, -0.2) is 26.8 Å². The first-order valence-electron chi connectivity index (χ1n) is 5.02. The van der Waals surface area contributed by atoms with Crippen LogP contribution in [0.1, 0.15) is 10.5 Å². The largest absolute Gasteiger partial charge is 0.480 e. The topological polar surface area (TPSA) is 115 Å². The van der Waals surface area contributed by atoms with Crippen LogP contribution in [-0.2, 0) is 11.3 Å². The van der Waals surface area contributed by atoms with Gasteiger partial charge in [-0.3, -0.25) is 14.4 Å². The molecule has 0 aliphatic rings. The van der Waals surface area contributed by atoms with Crippen LogP contribution in [0.5, 0.6) is 0 Å². The van der Waals surface area contributed by atoms with E-state index in [0.717, 1.165) is 0 Å². The summed E-state index contributed by atoms with van der Waals surface area (Å²) in [7, 11) is 0. The monoisotopic (exact) mass is 247 g/mol. The molecule has 0 saturated heterocycles. The van der Waals surface area contributed by atoms with Gasteiger partial charge in [-0.25, -0.2) is 4.68 Å². The van der Waals surface area contributed by atoms with Crippen LogP contribution in [0.4, 0.5) is 0 Å². The average Bonchev–Trinajstić information content (AvgIpc) is 2.32. The second-order valence-corrected chi connectivity index (χ2v) is 3.61. The molecule has 0 radical (unpaired) electrons. The van der Waals surface area contributed by atoms with Crippen molar-refractivity contribution >= 4 is 22.6 Å². The first kappa shape index (κ1) is 11.8. The molecule has 0 unspecified atom stereocenters. The molecule has 1 aromatic carbocycles. The first-order chi connectivity index (χ1) is 8.50. The molecule has 3 N–H and O–H groups in total. The van der Waals surface area contributed by atoms with Crippen molar-refractivity contribution in [3.63, 3.8) is 0 Å². The number of aromatic nitrogens is 2. The Kier molecular flexibility index (Phi) is 2.80. The SMILES string of the molecule is NC(=O)c1nn(CC(=O)O)c(=O)c2ccccc12. The third-order valence-corrected chi connectivity index (χ3v) is 2.39. The van der Waals surface area contributed by atoms with Crippen molar-refractivity contribution in [2.75, 3.05) is 0 Å². The number of carbonyl (C=O) groups is 2. The fraction of sp³-hybridized carbons (Fsp3) is 0.0909. The number of carboxylic acids is 1. The van der Waals surface area contributed by atoms with Gasteiger partial charge in [-0.15, -0.1) is 0 Å². The number of carboxylic acid groups (broad SMARTS) is 1. The zero-order chi connectivity index (χ0) is 13.3. The van der Waals surface area contributed by atoms with E-state index in [0.29, 0.717) is 10.1 Å². The van der Waals surface area contributed by atoms with Crippen molar-refractivity contribution in [1.29, 1.82) is 0 Å². The number of primary amides is 1. The molecule has 0 spiro atoms. The minimum atomic E-state index is -1.23. The number of nitrogens with two attached hydrogens (primary N) is 1. The Morgan fingerprint density at radius 1 is 1.28 bits per heavy atom. The molecule has 7 nitrogen and oxygen atoms in total. The summed E-state index contributed by atoms with van der Waals surface area (Å²) in [5.74, 6) is -2.04. The van der Waals surface area contributed by atoms with Crippen molar-refractivity contribution in [2.24, 2.45) is 5.73 Å². The Labute approximate surface area is 100 Å². The summed E-state index contributed by atoms with van der Waals surface area (Å²) in [6.07, 6.45) is 0. The summed E-state index contributed by atoms with van der Waals surface area (Å²) in [5, 5.41) is 12.9. The van der Waals surface area contributed by atoms with E-state index in [9.17, 15) is 14.4 Å². The molecule has 0 bridgehead atoms. The van der Waals surface area contributed by atoms with Crippen LogP contribution in [0.15, 0.2) is 29.1 Å². The number of nitrogens with zero attached hydrogens (tertiary/aromatic N) is 2. The maximum Gasteiger partial charge on any atom is 0.325 e. The Balaban J connectivity index is 2.83. The van der Waals surface area contributed by atoms with Crippen molar-refractivity contribution in [2.45, 2.75) is 6.54 Å². The Hall–Kier alpha value is -2.70. The van der Waals surface area contributed by atoms with Gasteiger partial charge in [0.05, 0.1) is 5.39 Å². The van der Waals surface area contributed by atoms with E-state index in [4.69, 9.17) is 10.8 Å². The highest BCUT2D eigenvalue weighted by Gasteiger charge is 2.15. The molecule has 2 aromatic rings. The van der Waals surface area contributed by atoms with Gasteiger partial charge in [0.25, 0.3) is 11.5 Å². The Morgan fingerprint density at radius 3 is 2.44 bits per heavy atom. The van der Waals surface area contributed by atoms with E-state index in [-0.39, 0.29) is 11.1 Å². The number of rotatable bonds is 3. The normalized spacial score (nSPS) is 10.4. The van der Waals surface area contributed by atoms with Crippen molar-refractivity contribution in [3.05, 3.63) is 40.3 Å². The van der Waals surface area contributed by atoms with Crippen LogP contribution in [0, 0.1) is 0 Å². The Morgan fingerprint density at radius 2 is 1.89 bits per heavy atom. The molecule has 1 amide bonds. The van der Waals surface area contributed by atoms with Crippen LogP contribution >= 0.6 is 0 Å². The van der Waals surface area contributed by atoms with Crippen LogP contribution in [0.2, 0.25) is 0 Å². The summed E-state index contributed by atoms with van der Waals surface area (Å²) >= 11 is 0. The smallest absolute Gasteiger partial charge is 0.325 e. The highest BCUT2D eigenvalue weighted by Crippen LogP contribution is 2.12. The first-order valence-corrected chi connectivity index (χ1v) is 5.02. The zero-order valence-corrected chi connectivity index (χ0v) is 9.16. The number of aliphatic carboxylic acids is 1. The second-order valence-electron chi connectivity index (χ2n) is 3.61. The van der Waals surface area contributed by atoms with Gasteiger partial charge in [0, 0.05) is 5.39 Å².